The lowest BCUT2D eigenvalue weighted by Crippen LogP contribution is -2.47. The minimum absolute atomic E-state index is 0.0575. The molecule has 0 aromatic carbocycles. The molecule has 1 amide bonds. The van der Waals surface area contributed by atoms with E-state index in [2.05, 4.69) is 0 Å². The normalized spacial score (nSPS) is 34.7. The Morgan fingerprint density at radius 1 is 1.35 bits per heavy atom. The molecule has 0 spiro atoms. The molecule has 0 bridgehead atoms. The number of hydrogen-bond acceptors (Lipinski definition) is 3. The average Bonchev–Trinajstić information content (AvgIpc) is 2.64. The van der Waals surface area contributed by atoms with Crippen molar-refractivity contribution < 1.29 is 9.53 Å². The molecule has 3 unspecified atom stereocenters. The molecule has 0 radical (unpaired) electrons. The van der Waals surface area contributed by atoms with Gasteiger partial charge in [0.05, 0.1) is 12.0 Å². The van der Waals surface area contributed by atoms with Crippen LogP contribution < -0.4 is 5.73 Å². The number of ether oxygens (including phenoxy) is 1. The van der Waals surface area contributed by atoms with Gasteiger partial charge >= 0.3 is 0 Å². The van der Waals surface area contributed by atoms with Crippen molar-refractivity contribution in [3.8, 4) is 0 Å². The van der Waals surface area contributed by atoms with Gasteiger partial charge in [0, 0.05) is 25.7 Å². The van der Waals surface area contributed by atoms with Gasteiger partial charge in [0.1, 0.15) is 0 Å². The van der Waals surface area contributed by atoms with Gasteiger partial charge in [-0.15, -0.1) is 0 Å². The van der Waals surface area contributed by atoms with Gasteiger partial charge < -0.3 is 15.4 Å². The topological polar surface area (TPSA) is 55.6 Å². The molecule has 2 aliphatic rings. The Labute approximate surface area is 103 Å². The van der Waals surface area contributed by atoms with Gasteiger partial charge in [0.25, 0.3) is 0 Å². The number of nitrogens with two attached hydrogens (primary N) is 1. The summed E-state index contributed by atoms with van der Waals surface area (Å²) in [5.74, 6) is 0.328. The van der Waals surface area contributed by atoms with Crippen LogP contribution in [0, 0.1) is 5.92 Å². The molecule has 0 saturated carbocycles. The number of amides is 1. The summed E-state index contributed by atoms with van der Waals surface area (Å²) < 4.78 is 5.50. The van der Waals surface area contributed by atoms with Gasteiger partial charge in [0.2, 0.25) is 5.91 Å². The number of nitrogens with zero attached hydrogens (tertiary/aromatic N) is 1. The van der Waals surface area contributed by atoms with Crippen LogP contribution in [0.25, 0.3) is 0 Å². The van der Waals surface area contributed by atoms with E-state index in [9.17, 15) is 4.79 Å². The van der Waals surface area contributed by atoms with Gasteiger partial charge in [-0.1, -0.05) is 12.8 Å². The second kappa shape index (κ2) is 5.83. The lowest BCUT2D eigenvalue weighted by molar-refractivity contribution is -0.139. The van der Waals surface area contributed by atoms with Crippen LogP contribution in [0.15, 0.2) is 0 Å². The van der Waals surface area contributed by atoms with Crippen molar-refractivity contribution in [2.24, 2.45) is 11.7 Å². The average molecular weight is 240 g/mol. The molecule has 4 heteroatoms. The molecule has 2 rings (SSSR count). The first kappa shape index (κ1) is 12.8. The summed E-state index contributed by atoms with van der Waals surface area (Å²) in [5, 5.41) is 0. The summed E-state index contributed by atoms with van der Waals surface area (Å²) in [6, 6.07) is 0.248. The van der Waals surface area contributed by atoms with E-state index >= 15 is 0 Å². The maximum atomic E-state index is 12.5. The standard InChI is InChI=1S/C13H24N2O2/c1-10-12(6-8-17-10)13(16)15-7-4-2-3-5-11(15)9-14/h10-12H,2-9,14H2,1H3. The highest BCUT2D eigenvalue weighted by Gasteiger charge is 2.36. The molecule has 0 aromatic rings. The highest BCUT2D eigenvalue weighted by molar-refractivity contribution is 5.80. The fourth-order valence-electron chi connectivity index (χ4n) is 2.98. The van der Waals surface area contributed by atoms with Crippen LogP contribution in [0.1, 0.15) is 39.0 Å². The second-order valence-electron chi connectivity index (χ2n) is 5.24. The zero-order valence-electron chi connectivity index (χ0n) is 10.7. The number of hydrogen-bond donors (Lipinski definition) is 1. The maximum Gasteiger partial charge on any atom is 0.228 e. The molecule has 2 saturated heterocycles. The third kappa shape index (κ3) is 2.80. The van der Waals surface area contributed by atoms with Gasteiger partial charge in [-0.05, 0) is 26.2 Å². The molecular formula is C13H24N2O2. The maximum absolute atomic E-state index is 12.5. The Morgan fingerprint density at radius 2 is 2.18 bits per heavy atom. The van der Waals surface area contributed by atoms with Crippen molar-refractivity contribution in [1.29, 1.82) is 0 Å². The fourth-order valence-corrected chi connectivity index (χ4v) is 2.98. The number of carbonyl (C=O) groups is 1. The Bertz CT molecular complexity index is 270. The van der Waals surface area contributed by atoms with Gasteiger partial charge in [-0.3, -0.25) is 4.79 Å². The van der Waals surface area contributed by atoms with Crippen LogP contribution in [0.3, 0.4) is 0 Å². The zero-order chi connectivity index (χ0) is 12.3. The van der Waals surface area contributed by atoms with E-state index < -0.39 is 0 Å². The summed E-state index contributed by atoms with van der Waals surface area (Å²) >= 11 is 0. The summed E-state index contributed by atoms with van der Waals surface area (Å²) in [6.07, 6.45) is 5.53. The first-order valence-corrected chi connectivity index (χ1v) is 6.86. The monoisotopic (exact) mass is 240 g/mol. The summed E-state index contributed by atoms with van der Waals surface area (Å²) in [5.41, 5.74) is 5.81. The third-order valence-corrected chi connectivity index (χ3v) is 4.13. The van der Waals surface area contributed by atoms with Crippen molar-refractivity contribution in [3.05, 3.63) is 0 Å². The van der Waals surface area contributed by atoms with Gasteiger partial charge in [0.15, 0.2) is 0 Å². The zero-order valence-corrected chi connectivity index (χ0v) is 10.7. The number of carbonyl (C=O) groups excluding carboxylic acids is 1. The Hall–Kier alpha value is -0.610. The minimum atomic E-state index is 0.0575. The summed E-state index contributed by atoms with van der Waals surface area (Å²) in [6.45, 7) is 4.20. The van der Waals surface area contributed by atoms with E-state index in [1.807, 2.05) is 11.8 Å². The van der Waals surface area contributed by atoms with Crippen LogP contribution >= 0.6 is 0 Å². The van der Waals surface area contributed by atoms with E-state index in [-0.39, 0.29) is 24.0 Å². The van der Waals surface area contributed by atoms with E-state index in [0.29, 0.717) is 6.54 Å². The molecule has 2 fully saturated rings. The van der Waals surface area contributed by atoms with E-state index in [0.717, 1.165) is 32.4 Å². The molecule has 3 atom stereocenters. The Balaban J connectivity index is 2.04. The third-order valence-electron chi connectivity index (χ3n) is 4.13. The van der Waals surface area contributed by atoms with Crippen molar-refractivity contribution in [2.75, 3.05) is 19.7 Å². The molecule has 17 heavy (non-hydrogen) atoms. The summed E-state index contributed by atoms with van der Waals surface area (Å²) in [4.78, 5) is 14.6. The lowest BCUT2D eigenvalue weighted by atomic mass is 9.99. The van der Waals surface area contributed by atoms with Crippen molar-refractivity contribution in [3.63, 3.8) is 0 Å². The van der Waals surface area contributed by atoms with Gasteiger partial charge in [-0.25, -0.2) is 0 Å². The molecule has 0 aromatic heterocycles. The van der Waals surface area contributed by atoms with Crippen LogP contribution in [0.5, 0.6) is 0 Å². The smallest absolute Gasteiger partial charge is 0.228 e. The lowest BCUT2D eigenvalue weighted by Gasteiger charge is -2.32. The van der Waals surface area contributed by atoms with Crippen LogP contribution in [-0.2, 0) is 9.53 Å². The molecule has 2 heterocycles. The molecule has 4 nitrogen and oxygen atoms in total. The quantitative estimate of drug-likeness (QED) is 0.787. The van der Waals surface area contributed by atoms with E-state index in [1.54, 1.807) is 0 Å². The van der Waals surface area contributed by atoms with E-state index in [4.69, 9.17) is 10.5 Å². The molecule has 2 aliphatic heterocycles. The fraction of sp³-hybridized carbons (Fsp3) is 0.923. The molecule has 98 valence electrons. The van der Waals surface area contributed by atoms with Gasteiger partial charge in [-0.2, -0.15) is 0 Å². The Kier molecular flexibility index (Phi) is 4.40. The second-order valence-corrected chi connectivity index (χ2v) is 5.24. The van der Waals surface area contributed by atoms with Crippen molar-refractivity contribution >= 4 is 5.91 Å². The largest absolute Gasteiger partial charge is 0.378 e. The SMILES string of the molecule is CC1OCCC1C(=O)N1CCCCCC1CN. The van der Waals surface area contributed by atoms with E-state index in [1.165, 1.54) is 12.8 Å². The van der Waals surface area contributed by atoms with Crippen molar-refractivity contribution in [1.82, 2.24) is 4.90 Å². The first-order valence-electron chi connectivity index (χ1n) is 6.86. The minimum Gasteiger partial charge on any atom is -0.378 e. The first-order chi connectivity index (χ1) is 8.24. The Morgan fingerprint density at radius 3 is 2.82 bits per heavy atom. The molecule has 0 aliphatic carbocycles. The van der Waals surface area contributed by atoms with Crippen LogP contribution in [0.2, 0.25) is 0 Å². The predicted molar refractivity (Wildman–Crippen MR) is 66.5 cm³/mol. The molecule has 2 N–H and O–H groups in total. The van der Waals surface area contributed by atoms with Crippen LogP contribution in [0.4, 0.5) is 0 Å². The number of likely N-dealkylation sites (tertiary alicyclic amines) is 1. The highest BCUT2D eigenvalue weighted by atomic mass is 16.5. The van der Waals surface area contributed by atoms with Crippen LogP contribution in [-0.4, -0.2) is 42.6 Å². The molecular weight excluding hydrogens is 216 g/mol. The predicted octanol–water partition coefficient (Wildman–Crippen LogP) is 1.14. The van der Waals surface area contributed by atoms with Crippen molar-refractivity contribution in [2.45, 2.75) is 51.2 Å². The number of rotatable bonds is 2. The highest BCUT2D eigenvalue weighted by Crippen LogP contribution is 2.26. The summed E-state index contributed by atoms with van der Waals surface area (Å²) in [7, 11) is 0.